The van der Waals surface area contributed by atoms with Gasteiger partial charge in [-0.3, -0.25) is 4.79 Å². The van der Waals surface area contributed by atoms with Crippen LogP contribution in [0.1, 0.15) is 58.1 Å². The summed E-state index contributed by atoms with van der Waals surface area (Å²) in [7, 11) is 1.36. The van der Waals surface area contributed by atoms with Gasteiger partial charge in [0.25, 0.3) is 0 Å². The third kappa shape index (κ3) is 9.66. The molecule has 0 aromatic heterocycles. The Hall–Kier alpha value is -2.86. The van der Waals surface area contributed by atoms with E-state index in [1.807, 2.05) is 0 Å². The minimum Gasteiger partial charge on any atom is -0.468 e. The molecule has 0 fully saturated rings. The quantitative estimate of drug-likeness (QED) is 0.454. The van der Waals surface area contributed by atoms with Crippen LogP contribution in [0.2, 0.25) is 0 Å². The van der Waals surface area contributed by atoms with Crippen LogP contribution in [0.25, 0.3) is 11.1 Å². The molecule has 1 amide bonds. The van der Waals surface area contributed by atoms with Crippen LogP contribution in [0.3, 0.4) is 0 Å². The molecule has 0 radical (unpaired) electrons. The molecule has 2 aromatic rings. The Morgan fingerprint density at radius 3 is 2.03 bits per heavy atom. The lowest BCUT2D eigenvalue weighted by Crippen LogP contribution is -2.41. The van der Waals surface area contributed by atoms with Gasteiger partial charge in [0.05, 0.1) is 7.11 Å². The fraction of sp³-hybridized carbons (Fsp3) is 0.481. The van der Waals surface area contributed by atoms with Crippen molar-refractivity contribution < 1.29 is 19.1 Å². The molecule has 0 aliphatic rings. The molecule has 6 nitrogen and oxygen atoms in total. The molecule has 0 aliphatic carbocycles. The standard InChI is InChI=1S/C27H38N2O4/c1-6-7-8-20-9-13-22(14-10-20)23-15-11-21(12-16-23)19-29-24(25(30)32-5)17-18-28-26(31)33-27(2,3)4/h9-16,24,29H,6-8,17-19H2,1-5H3,(H,28,31)/t24-/m0/s1. The first-order valence-corrected chi connectivity index (χ1v) is 11.7. The van der Waals surface area contributed by atoms with Crippen LogP contribution in [0, 0.1) is 0 Å². The molecule has 0 unspecified atom stereocenters. The third-order valence-corrected chi connectivity index (χ3v) is 5.20. The van der Waals surface area contributed by atoms with E-state index in [-0.39, 0.29) is 5.97 Å². The summed E-state index contributed by atoms with van der Waals surface area (Å²) in [6, 6.07) is 16.5. The topological polar surface area (TPSA) is 76.7 Å². The van der Waals surface area contributed by atoms with E-state index in [0.717, 1.165) is 17.5 Å². The Bertz CT molecular complexity index is 870. The monoisotopic (exact) mass is 454 g/mol. The second-order valence-electron chi connectivity index (χ2n) is 9.17. The van der Waals surface area contributed by atoms with Crippen molar-refractivity contribution in [1.29, 1.82) is 0 Å². The summed E-state index contributed by atoms with van der Waals surface area (Å²) in [4.78, 5) is 23.9. The molecular weight excluding hydrogens is 416 g/mol. The summed E-state index contributed by atoms with van der Waals surface area (Å²) in [5.41, 5.74) is 4.22. The molecule has 0 saturated heterocycles. The fourth-order valence-corrected chi connectivity index (χ4v) is 3.38. The van der Waals surface area contributed by atoms with Crippen LogP contribution in [0.4, 0.5) is 4.79 Å². The van der Waals surface area contributed by atoms with Crippen LogP contribution in [-0.2, 0) is 27.2 Å². The molecule has 2 N–H and O–H groups in total. The van der Waals surface area contributed by atoms with Crippen LogP contribution < -0.4 is 10.6 Å². The number of hydrogen-bond donors (Lipinski definition) is 2. The maximum Gasteiger partial charge on any atom is 0.407 e. The van der Waals surface area contributed by atoms with Crippen molar-refractivity contribution >= 4 is 12.1 Å². The average Bonchev–Trinajstić information content (AvgIpc) is 2.79. The molecular formula is C27H38N2O4. The number of unbranched alkanes of at least 4 members (excludes halogenated alkanes) is 1. The van der Waals surface area contributed by atoms with Crippen molar-refractivity contribution in [2.24, 2.45) is 0 Å². The Balaban J connectivity index is 1.88. The number of alkyl carbamates (subject to hydrolysis) is 1. The highest BCUT2D eigenvalue weighted by Gasteiger charge is 2.20. The summed E-state index contributed by atoms with van der Waals surface area (Å²) < 4.78 is 10.1. The highest BCUT2D eigenvalue weighted by Crippen LogP contribution is 2.21. The van der Waals surface area contributed by atoms with Gasteiger partial charge in [-0.15, -0.1) is 0 Å². The van der Waals surface area contributed by atoms with Gasteiger partial charge >= 0.3 is 12.1 Å². The zero-order valence-electron chi connectivity index (χ0n) is 20.6. The minimum absolute atomic E-state index is 0.300. The molecule has 2 rings (SSSR count). The lowest BCUT2D eigenvalue weighted by Gasteiger charge is -2.21. The zero-order chi connectivity index (χ0) is 24.3. The Morgan fingerprint density at radius 2 is 1.52 bits per heavy atom. The summed E-state index contributed by atoms with van der Waals surface area (Å²) in [6.45, 7) is 8.44. The number of nitrogens with one attached hydrogen (secondary N) is 2. The van der Waals surface area contributed by atoms with E-state index in [2.05, 4.69) is 66.1 Å². The van der Waals surface area contributed by atoms with Crippen LogP contribution in [-0.4, -0.2) is 37.4 Å². The number of rotatable bonds is 11. The number of ether oxygens (including phenoxy) is 2. The maximum atomic E-state index is 12.1. The van der Waals surface area contributed by atoms with Gasteiger partial charge < -0.3 is 20.1 Å². The van der Waals surface area contributed by atoms with E-state index in [0.29, 0.717) is 19.5 Å². The first-order valence-electron chi connectivity index (χ1n) is 11.7. The lowest BCUT2D eigenvalue weighted by atomic mass is 10.0. The Morgan fingerprint density at radius 1 is 0.939 bits per heavy atom. The number of carbonyl (C=O) groups excluding carboxylic acids is 2. The number of benzene rings is 2. The van der Waals surface area contributed by atoms with Crippen LogP contribution in [0.15, 0.2) is 48.5 Å². The summed E-state index contributed by atoms with van der Waals surface area (Å²) in [5.74, 6) is -0.360. The molecule has 1 atom stereocenters. The number of esters is 1. The summed E-state index contributed by atoms with van der Waals surface area (Å²) >= 11 is 0. The smallest absolute Gasteiger partial charge is 0.407 e. The number of hydrogen-bond acceptors (Lipinski definition) is 5. The maximum absolute atomic E-state index is 12.1. The van der Waals surface area contributed by atoms with Crippen molar-refractivity contribution in [2.45, 2.75) is 71.6 Å². The second kappa shape index (κ2) is 13.0. The minimum atomic E-state index is -0.562. The molecule has 0 bridgehead atoms. The average molecular weight is 455 g/mol. The molecule has 0 heterocycles. The summed E-state index contributed by atoms with van der Waals surface area (Å²) in [5, 5.41) is 5.91. The van der Waals surface area contributed by atoms with Gasteiger partial charge in [-0.1, -0.05) is 61.9 Å². The van der Waals surface area contributed by atoms with Gasteiger partial charge in [0.2, 0.25) is 0 Å². The number of carbonyl (C=O) groups is 2. The predicted molar refractivity (Wildman–Crippen MR) is 132 cm³/mol. The van der Waals surface area contributed by atoms with E-state index in [1.165, 1.54) is 31.1 Å². The molecule has 33 heavy (non-hydrogen) atoms. The van der Waals surface area contributed by atoms with Gasteiger partial charge in [-0.25, -0.2) is 4.79 Å². The first-order chi connectivity index (χ1) is 15.7. The van der Waals surface area contributed by atoms with Crippen molar-refractivity contribution in [3.63, 3.8) is 0 Å². The van der Waals surface area contributed by atoms with Gasteiger partial charge in [0.15, 0.2) is 0 Å². The van der Waals surface area contributed by atoms with E-state index in [4.69, 9.17) is 9.47 Å². The van der Waals surface area contributed by atoms with Crippen molar-refractivity contribution in [2.75, 3.05) is 13.7 Å². The number of aryl methyl sites for hydroxylation is 1. The van der Waals surface area contributed by atoms with Crippen molar-refractivity contribution in [3.05, 3.63) is 59.7 Å². The Kier molecular flexibility index (Phi) is 10.4. The van der Waals surface area contributed by atoms with Crippen LogP contribution >= 0.6 is 0 Å². The Labute approximate surface area is 198 Å². The van der Waals surface area contributed by atoms with E-state index < -0.39 is 17.7 Å². The highest BCUT2D eigenvalue weighted by atomic mass is 16.6. The van der Waals surface area contributed by atoms with E-state index in [9.17, 15) is 9.59 Å². The summed E-state index contributed by atoms with van der Waals surface area (Å²) in [6.07, 6.45) is 3.43. The largest absolute Gasteiger partial charge is 0.468 e. The van der Waals surface area contributed by atoms with E-state index in [1.54, 1.807) is 20.8 Å². The number of methoxy groups -OCH3 is 1. The van der Waals surface area contributed by atoms with Crippen LogP contribution in [0.5, 0.6) is 0 Å². The van der Waals surface area contributed by atoms with E-state index >= 15 is 0 Å². The normalized spacial score (nSPS) is 12.2. The fourth-order valence-electron chi connectivity index (χ4n) is 3.38. The zero-order valence-corrected chi connectivity index (χ0v) is 20.6. The van der Waals surface area contributed by atoms with Gasteiger partial charge in [-0.05, 0) is 62.3 Å². The third-order valence-electron chi connectivity index (χ3n) is 5.20. The first kappa shape index (κ1) is 26.4. The lowest BCUT2D eigenvalue weighted by molar-refractivity contribution is -0.143. The second-order valence-corrected chi connectivity index (χ2v) is 9.17. The number of amides is 1. The predicted octanol–water partition coefficient (Wildman–Crippen LogP) is 5.24. The van der Waals surface area contributed by atoms with Crippen molar-refractivity contribution in [1.82, 2.24) is 10.6 Å². The molecule has 2 aromatic carbocycles. The van der Waals surface area contributed by atoms with Gasteiger partial charge in [0.1, 0.15) is 11.6 Å². The van der Waals surface area contributed by atoms with Gasteiger partial charge in [-0.2, -0.15) is 0 Å². The molecule has 180 valence electrons. The molecule has 0 aliphatic heterocycles. The molecule has 0 saturated carbocycles. The molecule has 6 heteroatoms. The van der Waals surface area contributed by atoms with Crippen molar-refractivity contribution in [3.8, 4) is 11.1 Å². The van der Waals surface area contributed by atoms with Gasteiger partial charge in [0, 0.05) is 13.1 Å². The SMILES string of the molecule is CCCCc1ccc(-c2ccc(CN[C@@H](CCNC(=O)OC(C)(C)C)C(=O)OC)cc2)cc1. The highest BCUT2D eigenvalue weighted by molar-refractivity contribution is 5.75. The molecule has 0 spiro atoms.